The summed E-state index contributed by atoms with van der Waals surface area (Å²) in [5.41, 5.74) is 2.54. The molecule has 10 heteroatoms. The average molecular weight is 505 g/mol. The standard InChI is InChI=1S/C26H25FN6O2S/c1-3-31-14-18(25-28-26-33(29-25)22(15-36-26)16-6-4-5-7-23(16)34)24(35)17-12-19(27)21(13-20(17)31)32-10-8-30(2)9-11-32/h4-7,12-15,34H,3,8-11H2,1-2H3. The number of fused-ring (bicyclic) bond motifs is 2. The Morgan fingerprint density at radius 2 is 1.89 bits per heavy atom. The molecule has 1 saturated heterocycles. The third-order valence-electron chi connectivity index (χ3n) is 6.84. The third kappa shape index (κ3) is 3.64. The lowest BCUT2D eigenvalue weighted by molar-refractivity contribution is 0.312. The highest BCUT2D eigenvalue weighted by molar-refractivity contribution is 7.15. The minimum absolute atomic E-state index is 0.139. The van der Waals surface area contributed by atoms with Crippen LogP contribution in [0.15, 0.2) is 52.8 Å². The minimum atomic E-state index is -0.399. The molecular formula is C26H25FN6O2S. The maximum atomic E-state index is 15.3. The van der Waals surface area contributed by atoms with E-state index < -0.39 is 5.82 Å². The molecule has 1 fully saturated rings. The second kappa shape index (κ2) is 8.72. The molecule has 0 radical (unpaired) electrons. The molecule has 36 heavy (non-hydrogen) atoms. The topological polar surface area (TPSA) is 78.9 Å². The van der Waals surface area contributed by atoms with Gasteiger partial charge in [-0.1, -0.05) is 12.1 Å². The van der Waals surface area contributed by atoms with Crippen LogP contribution < -0.4 is 10.3 Å². The zero-order valence-corrected chi connectivity index (χ0v) is 20.8. The SMILES string of the molecule is CCn1cc(-c2nc3scc(-c4ccccc4O)n3n2)c(=O)c2cc(F)c(N3CCN(C)CC3)cc21. The van der Waals surface area contributed by atoms with E-state index in [9.17, 15) is 9.90 Å². The van der Waals surface area contributed by atoms with Crippen molar-refractivity contribution in [2.24, 2.45) is 0 Å². The number of piperazine rings is 1. The van der Waals surface area contributed by atoms with Gasteiger partial charge < -0.3 is 19.5 Å². The van der Waals surface area contributed by atoms with Gasteiger partial charge in [0.15, 0.2) is 5.82 Å². The van der Waals surface area contributed by atoms with Crippen LogP contribution in [0.5, 0.6) is 5.75 Å². The summed E-state index contributed by atoms with van der Waals surface area (Å²) in [6, 6.07) is 10.2. The highest BCUT2D eigenvalue weighted by Gasteiger charge is 2.22. The number of benzene rings is 2. The lowest BCUT2D eigenvalue weighted by Crippen LogP contribution is -2.44. The fourth-order valence-corrected chi connectivity index (χ4v) is 5.60. The number of phenolic OH excluding ortho intramolecular Hbond substituents is 1. The van der Waals surface area contributed by atoms with Gasteiger partial charge in [-0.2, -0.15) is 4.98 Å². The molecule has 0 bridgehead atoms. The molecule has 0 atom stereocenters. The maximum Gasteiger partial charge on any atom is 0.213 e. The van der Waals surface area contributed by atoms with Crippen molar-refractivity contribution in [2.45, 2.75) is 13.5 Å². The van der Waals surface area contributed by atoms with Crippen LogP contribution in [-0.4, -0.2) is 62.4 Å². The molecule has 8 nitrogen and oxygen atoms in total. The number of hydrogen-bond acceptors (Lipinski definition) is 7. The summed E-state index contributed by atoms with van der Waals surface area (Å²) in [4.78, 5) is 23.0. The number of thiazole rings is 1. The molecule has 1 N–H and O–H groups in total. The van der Waals surface area contributed by atoms with Crippen LogP contribution in [0.25, 0.3) is 38.5 Å². The first-order valence-electron chi connectivity index (χ1n) is 11.9. The van der Waals surface area contributed by atoms with E-state index in [2.05, 4.69) is 22.0 Å². The van der Waals surface area contributed by atoms with Gasteiger partial charge in [-0.3, -0.25) is 4.79 Å². The normalized spacial score (nSPS) is 14.8. The first kappa shape index (κ1) is 22.7. The summed E-state index contributed by atoms with van der Waals surface area (Å²) in [6.45, 7) is 5.79. The summed E-state index contributed by atoms with van der Waals surface area (Å²) in [5.74, 6) is 0.0145. The van der Waals surface area contributed by atoms with Crippen LogP contribution >= 0.6 is 11.3 Å². The fourth-order valence-electron chi connectivity index (χ4n) is 4.78. The maximum absolute atomic E-state index is 15.3. The Kier molecular flexibility index (Phi) is 5.50. The van der Waals surface area contributed by atoms with E-state index in [0.717, 1.165) is 26.2 Å². The fraction of sp³-hybridized carbons (Fsp3) is 0.269. The summed E-state index contributed by atoms with van der Waals surface area (Å²) >= 11 is 1.37. The molecule has 1 aliphatic rings. The largest absolute Gasteiger partial charge is 0.507 e. The molecule has 2 aromatic carbocycles. The van der Waals surface area contributed by atoms with Gasteiger partial charge >= 0.3 is 0 Å². The van der Waals surface area contributed by atoms with Gasteiger partial charge in [-0.15, -0.1) is 16.4 Å². The van der Waals surface area contributed by atoms with E-state index >= 15 is 4.39 Å². The Morgan fingerprint density at radius 3 is 2.64 bits per heavy atom. The lowest BCUT2D eigenvalue weighted by Gasteiger charge is -2.34. The van der Waals surface area contributed by atoms with Gasteiger partial charge in [0.2, 0.25) is 10.4 Å². The summed E-state index contributed by atoms with van der Waals surface area (Å²) in [6.07, 6.45) is 1.76. The number of aromatic nitrogens is 4. The zero-order valence-electron chi connectivity index (χ0n) is 20.0. The summed E-state index contributed by atoms with van der Waals surface area (Å²) < 4.78 is 18.9. The summed E-state index contributed by atoms with van der Waals surface area (Å²) in [7, 11) is 2.06. The van der Waals surface area contributed by atoms with Crippen molar-refractivity contribution in [1.82, 2.24) is 24.1 Å². The molecule has 4 heterocycles. The molecule has 0 spiro atoms. The first-order chi connectivity index (χ1) is 17.4. The molecule has 0 aliphatic carbocycles. The van der Waals surface area contributed by atoms with E-state index in [4.69, 9.17) is 0 Å². The predicted octanol–water partition coefficient (Wildman–Crippen LogP) is 4.06. The van der Waals surface area contributed by atoms with E-state index in [1.165, 1.54) is 17.4 Å². The van der Waals surface area contributed by atoms with Crippen molar-refractivity contribution < 1.29 is 9.50 Å². The Bertz CT molecular complexity index is 1660. The molecule has 0 saturated carbocycles. The first-order valence-corrected chi connectivity index (χ1v) is 12.8. The van der Waals surface area contributed by atoms with E-state index in [0.29, 0.717) is 44.9 Å². The molecule has 0 amide bonds. The number of nitrogens with zero attached hydrogens (tertiary/aromatic N) is 6. The second-order valence-electron chi connectivity index (χ2n) is 9.04. The number of rotatable bonds is 4. The van der Waals surface area contributed by atoms with Crippen molar-refractivity contribution in [2.75, 3.05) is 38.1 Å². The second-order valence-corrected chi connectivity index (χ2v) is 9.87. The van der Waals surface area contributed by atoms with Crippen molar-refractivity contribution in [3.05, 3.63) is 64.0 Å². The van der Waals surface area contributed by atoms with E-state index in [1.54, 1.807) is 35.0 Å². The van der Waals surface area contributed by atoms with Crippen LogP contribution in [0.3, 0.4) is 0 Å². The predicted molar refractivity (Wildman–Crippen MR) is 141 cm³/mol. The monoisotopic (exact) mass is 504 g/mol. The van der Waals surface area contributed by atoms with Crippen LogP contribution in [0.1, 0.15) is 6.92 Å². The Hall–Kier alpha value is -3.76. The van der Waals surface area contributed by atoms with Crippen molar-refractivity contribution in [3.63, 3.8) is 0 Å². The molecular weight excluding hydrogens is 479 g/mol. The average Bonchev–Trinajstić information content (AvgIpc) is 3.46. The van der Waals surface area contributed by atoms with Crippen LogP contribution in [0.2, 0.25) is 0 Å². The number of phenols is 1. The van der Waals surface area contributed by atoms with Gasteiger partial charge in [0.1, 0.15) is 11.6 Å². The highest BCUT2D eigenvalue weighted by atomic mass is 32.1. The van der Waals surface area contributed by atoms with Gasteiger partial charge in [0.25, 0.3) is 0 Å². The molecule has 1 aliphatic heterocycles. The Balaban J connectivity index is 1.48. The highest BCUT2D eigenvalue weighted by Crippen LogP contribution is 2.33. The number of likely N-dealkylation sites (N-methyl/N-ethyl adjacent to an activating group) is 1. The molecule has 6 rings (SSSR count). The van der Waals surface area contributed by atoms with Gasteiger partial charge in [0.05, 0.1) is 22.5 Å². The molecule has 0 unspecified atom stereocenters. The number of para-hydroxylation sites is 1. The van der Waals surface area contributed by atoms with Crippen LogP contribution in [-0.2, 0) is 6.54 Å². The smallest absolute Gasteiger partial charge is 0.213 e. The quantitative estimate of drug-likeness (QED) is 0.398. The van der Waals surface area contributed by atoms with E-state index in [1.807, 2.05) is 27.8 Å². The number of aromatic hydroxyl groups is 1. The number of pyridine rings is 1. The minimum Gasteiger partial charge on any atom is -0.507 e. The number of halogens is 1. The lowest BCUT2D eigenvalue weighted by atomic mass is 10.1. The number of anilines is 1. The van der Waals surface area contributed by atoms with Gasteiger partial charge in [-0.05, 0) is 38.2 Å². The number of aryl methyl sites for hydroxylation is 1. The van der Waals surface area contributed by atoms with Crippen molar-refractivity contribution in [1.29, 1.82) is 0 Å². The third-order valence-corrected chi connectivity index (χ3v) is 7.65. The van der Waals surface area contributed by atoms with Crippen molar-refractivity contribution >= 4 is 32.9 Å². The van der Waals surface area contributed by atoms with Crippen molar-refractivity contribution in [3.8, 4) is 28.4 Å². The molecule has 5 aromatic rings. The Labute approximate surface area is 210 Å². The zero-order chi connectivity index (χ0) is 25.0. The van der Waals surface area contributed by atoms with Crippen LogP contribution in [0, 0.1) is 5.82 Å². The van der Waals surface area contributed by atoms with Gasteiger partial charge in [-0.25, -0.2) is 8.91 Å². The molecule has 184 valence electrons. The Morgan fingerprint density at radius 1 is 1.11 bits per heavy atom. The van der Waals surface area contributed by atoms with Crippen LogP contribution in [0.4, 0.5) is 10.1 Å². The van der Waals surface area contributed by atoms with E-state index in [-0.39, 0.29) is 17.0 Å². The number of hydrogen-bond donors (Lipinski definition) is 1. The summed E-state index contributed by atoms with van der Waals surface area (Å²) in [5, 5.41) is 17.1. The molecule has 3 aromatic heterocycles. The van der Waals surface area contributed by atoms with Gasteiger partial charge in [0, 0.05) is 55.3 Å².